The Labute approximate surface area is 147 Å². The van der Waals surface area contributed by atoms with Crippen molar-refractivity contribution in [1.29, 1.82) is 0 Å². The summed E-state index contributed by atoms with van der Waals surface area (Å²) in [5.74, 6) is -0.220. The maximum absolute atomic E-state index is 12.1. The molecule has 7 nitrogen and oxygen atoms in total. The summed E-state index contributed by atoms with van der Waals surface area (Å²) >= 11 is 0. The van der Waals surface area contributed by atoms with Gasteiger partial charge in [0, 0.05) is 12.6 Å². The smallest absolute Gasteiger partial charge is 0.273 e. The van der Waals surface area contributed by atoms with E-state index in [1.54, 1.807) is 10.9 Å². The Kier molecular flexibility index (Phi) is 6.14. The van der Waals surface area contributed by atoms with Crippen LogP contribution in [-0.4, -0.2) is 40.1 Å². The number of hydrogen-bond donors (Lipinski definition) is 2. The third-order valence-corrected chi connectivity index (χ3v) is 4.50. The molecule has 3 N–H and O–H groups in total. The molecule has 1 amide bonds. The molecule has 0 spiro atoms. The van der Waals surface area contributed by atoms with Crippen molar-refractivity contribution in [2.24, 2.45) is 5.73 Å². The summed E-state index contributed by atoms with van der Waals surface area (Å²) in [6.45, 7) is 1.43. The van der Waals surface area contributed by atoms with Crippen molar-refractivity contribution in [2.75, 3.05) is 13.2 Å². The summed E-state index contributed by atoms with van der Waals surface area (Å²) in [5.41, 5.74) is 7.38. The first-order valence-corrected chi connectivity index (χ1v) is 8.79. The Morgan fingerprint density at radius 3 is 2.76 bits per heavy atom. The highest BCUT2D eigenvalue weighted by Gasteiger charge is 2.22. The molecule has 1 saturated carbocycles. The number of benzene rings is 1. The SMILES string of the molecule is NC1CCC(n2cc(C(=O)NCCOCc3ccccc3)nn2)CC1. The van der Waals surface area contributed by atoms with E-state index in [1.165, 1.54) is 0 Å². The van der Waals surface area contributed by atoms with E-state index in [0.717, 1.165) is 31.2 Å². The molecule has 1 heterocycles. The molecule has 0 radical (unpaired) electrons. The lowest BCUT2D eigenvalue weighted by Gasteiger charge is -2.25. The third kappa shape index (κ3) is 5.11. The molecular formula is C18H25N5O2. The fourth-order valence-corrected chi connectivity index (χ4v) is 3.02. The van der Waals surface area contributed by atoms with Gasteiger partial charge >= 0.3 is 0 Å². The second-order valence-electron chi connectivity index (χ2n) is 6.45. The van der Waals surface area contributed by atoms with Gasteiger partial charge in [0.05, 0.1) is 25.5 Å². The summed E-state index contributed by atoms with van der Waals surface area (Å²) in [4.78, 5) is 12.1. The van der Waals surface area contributed by atoms with E-state index in [1.807, 2.05) is 30.3 Å². The molecule has 0 unspecified atom stereocenters. The van der Waals surface area contributed by atoms with Gasteiger partial charge in [0.2, 0.25) is 0 Å². The standard InChI is InChI=1S/C18H25N5O2/c19-15-6-8-16(9-7-15)23-12-17(21-22-23)18(24)20-10-11-25-13-14-4-2-1-3-5-14/h1-5,12,15-16H,6-11,13,19H2,(H,20,24). The van der Waals surface area contributed by atoms with Crippen LogP contribution >= 0.6 is 0 Å². The van der Waals surface area contributed by atoms with Crippen LogP contribution in [0.4, 0.5) is 0 Å². The molecule has 2 aromatic rings. The van der Waals surface area contributed by atoms with Crippen LogP contribution in [0.5, 0.6) is 0 Å². The molecule has 1 aromatic carbocycles. The Bertz CT molecular complexity index is 665. The molecule has 7 heteroatoms. The molecule has 1 aliphatic carbocycles. The summed E-state index contributed by atoms with van der Waals surface area (Å²) in [5, 5.41) is 10.9. The van der Waals surface area contributed by atoms with Crippen LogP contribution < -0.4 is 11.1 Å². The zero-order valence-electron chi connectivity index (χ0n) is 14.3. The number of nitrogens with one attached hydrogen (secondary N) is 1. The minimum atomic E-state index is -0.220. The van der Waals surface area contributed by atoms with Crippen LogP contribution in [-0.2, 0) is 11.3 Å². The lowest BCUT2D eigenvalue weighted by Crippen LogP contribution is -2.28. The first-order valence-electron chi connectivity index (χ1n) is 8.79. The van der Waals surface area contributed by atoms with Gasteiger partial charge in [-0.25, -0.2) is 4.68 Å². The van der Waals surface area contributed by atoms with Gasteiger partial charge in [0.1, 0.15) is 0 Å². The van der Waals surface area contributed by atoms with Crippen molar-refractivity contribution in [1.82, 2.24) is 20.3 Å². The quantitative estimate of drug-likeness (QED) is 0.746. The van der Waals surface area contributed by atoms with Crippen molar-refractivity contribution in [3.05, 3.63) is 47.8 Å². The van der Waals surface area contributed by atoms with E-state index >= 15 is 0 Å². The number of carbonyl (C=O) groups excluding carboxylic acids is 1. The van der Waals surface area contributed by atoms with Gasteiger partial charge in [-0.1, -0.05) is 35.5 Å². The maximum Gasteiger partial charge on any atom is 0.273 e. The molecule has 0 saturated heterocycles. The lowest BCUT2D eigenvalue weighted by molar-refractivity contribution is 0.0896. The third-order valence-electron chi connectivity index (χ3n) is 4.50. The number of aromatic nitrogens is 3. The van der Waals surface area contributed by atoms with Crippen LogP contribution in [0, 0.1) is 0 Å². The summed E-state index contributed by atoms with van der Waals surface area (Å²) in [7, 11) is 0. The van der Waals surface area contributed by atoms with E-state index in [9.17, 15) is 4.79 Å². The van der Waals surface area contributed by atoms with Crippen molar-refractivity contribution >= 4 is 5.91 Å². The molecule has 25 heavy (non-hydrogen) atoms. The highest BCUT2D eigenvalue weighted by Crippen LogP contribution is 2.26. The summed E-state index contributed by atoms with van der Waals surface area (Å²) in [6, 6.07) is 10.5. The molecule has 134 valence electrons. The first-order chi connectivity index (χ1) is 12.2. The van der Waals surface area contributed by atoms with Crippen molar-refractivity contribution in [3.8, 4) is 0 Å². The van der Waals surface area contributed by atoms with Crippen LogP contribution in [0.1, 0.15) is 47.8 Å². The zero-order valence-corrected chi connectivity index (χ0v) is 14.3. The highest BCUT2D eigenvalue weighted by atomic mass is 16.5. The topological polar surface area (TPSA) is 95.1 Å². The van der Waals surface area contributed by atoms with Gasteiger partial charge in [0.15, 0.2) is 5.69 Å². The van der Waals surface area contributed by atoms with Gasteiger partial charge in [-0.2, -0.15) is 0 Å². The van der Waals surface area contributed by atoms with Crippen LogP contribution in [0.15, 0.2) is 36.5 Å². The van der Waals surface area contributed by atoms with E-state index in [0.29, 0.717) is 37.5 Å². The van der Waals surface area contributed by atoms with Gasteiger partial charge in [-0.15, -0.1) is 5.10 Å². The molecule has 0 atom stereocenters. The molecule has 1 fully saturated rings. The monoisotopic (exact) mass is 343 g/mol. The minimum absolute atomic E-state index is 0.220. The van der Waals surface area contributed by atoms with Gasteiger partial charge in [-0.05, 0) is 31.2 Å². The fraction of sp³-hybridized carbons (Fsp3) is 0.500. The number of nitrogens with zero attached hydrogens (tertiary/aromatic N) is 3. The van der Waals surface area contributed by atoms with Crippen molar-refractivity contribution in [3.63, 3.8) is 0 Å². The number of hydrogen-bond acceptors (Lipinski definition) is 5. The first kappa shape index (κ1) is 17.6. The average Bonchev–Trinajstić information content (AvgIpc) is 3.13. The number of nitrogens with two attached hydrogens (primary N) is 1. The predicted molar refractivity (Wildman–Crippen MR) is 93.9 cm³/mol. The fourth-order valence-electron chi connectivity index (χ4n) is 3.02. The Morgan fingerprint density at radius 1 is 1.24 bits per heavy atom. The summed E-state index contributed by atoms with van der Waals surface area (Å²) < 4.78 is 7.35. The maximum atomic E-state index is 12.1. The van der Waals surface area contributed by atoms with Crippen molar-refractivity contribution < 1.29 is 9.53 Å². The van der Waals surface area contributed by atoms with E-state index < -0.39 is 0 Å². The van der Waals surface area contributed by atoms with Crippen LogP contribution in [0.3, 0.4) is 0 Å². The molecule has 3 rings (SSSR count). The molecule has 1 aliphatic rings. The number of rotatable bonds is 7. The van der Waals surface area contributed by atoms with Gasteiger partial charge in [-0.3, -0.25) is 4.79 Å². The number of amides is 1. The van der Waals surface area contributed by atoms with E-state index in [-0.39, 0.29) is 5.91 Å². The summed E-state index contributed by atoms with van der Waals surface area (Å²) in [6.07, 6.45) is 5.68. The Balaban J connectivity index is 1.38. The largest absolute Gasteiger partial charge is 0.375 e. The second-order valence-corrected chi connectivity index (χ2v) is 6.45. The van der Waals surface area contributed by atoms with Crippen LogP contribution in [0.2, 0.25) is 0 Å². The molecular weight excluding hydrogens is 318 g/mol. The average molecular weight is 343 g/mol. The van der Waals surface area contributed by atoms with Crippen molar-refractivity contribution in [2.45, 2.75) is 44.4 Å². The number of ether oxygens (including phenoxy) is 1. The van der Waals surface area contributed by atoms with Gasteiger partial charge < -0.3 is 15.8 Å². The molecule has 0 aliphatic heterocycles. The van der Waals surface area contributed by atoms with Gasteiger partial charge in [0.25, 0.3) is 5.91 Å². The second kappa shape index (κ2) is 8.73. The molecule has 0 bridgehead atoms. The Morgan fingerprint density at radius 2 is 2.00 bits per heavy atom. The lowest BCUT2D eigenvalue weighted by atomic mass is 9.92. The van der Waals surface area contributed by atoms with Crippen LogP contribution in [0.25, 0.3) is 0 Å². The van der Waals surface area contributed by atoms with E-state index in [4.69, 9.17) is 10.5 Å². The van der Waals surface area contributed by atoms with E-state index in [2.05, 4.69) is 15.6 Å². The zero-order chi connectivity index (χ0) is 17.5. The number of carbonyl (C=O) groups is 1. The minimum Gasteiger partial charge on any atom is -0.375 e. The Hall–Kier alpha value is -2.25. The molecule has 1 aromatic heterocycles. The highest BCUT2D eigenvalue weighted by molar-refractivity contribution is 5.91. The normalized spacial score (nSPS) is 20.4. The predicted octanol–water partition coefficient (Wildman–Crippen LogP) is 1.67.